The monoisotopic (exact) mass is 454 g/mol. The van der Waals surface area contributed by atoms with Crippen LogP contribution in [0, 0.1) is 18.6 Å². The smallest absolute Gasteiger partial charge is 0.257 e. The summed E-state index contributed by atoms with van der Waals surface area (Å²) in [5.41, 5.74) is 0.107. The molecular weight excluding hydrogens is 444 g/mol. The number of anilines is 2. The maximum atomic E-state index is 14.8. The van der Waals surface area contributed by atoms with Crippen LogP contribution in [-0.4, -0.2) is 37.5 Å². The molecule has 0 unspecified atom stereocenters. The zero-order valence-corrected chi connectivity index (χ0v) is 15.8. The van der Waals surface area contributed by atoms with Crippen molar-refractivity contribution in [2.45, 2.75) is 13.3 Å². The quantitative estimate of drug-likeness (QED) is 0.337. The molecule has 0 spiro atoms. The molecule has 0 radical (unpaired) electrons. The number of aryl methyl sites for hydroxylation is 1. The van der Waals surface area contributed by atoms with Crippen LogP contribution in [0.25, 0.3) is 16.7 Å². The summed E-state index contributed by atoms with van der Waals surface area (Å²) >= 11 is 2.94. The zero-order chi connectivity index (χ0) is 20.0. The van der Waals surface area contributed by atoms with E-state index >= 15 is 0 Å². The van der Waals surface area contributed by atoms with Crippen LogP contribution in [0.2, 0.25) is 0 Å². The van der Waals surface area contributed by atoms with E-state index in [-0.39, 0.29) is 27.3 Å². The van der Waals surface area contributed by atoms with Crippen LogP contribution in [0.1, 0.15) is 5.82 Å². The standard InChI is InChI=1S/C17H11BrF4N6/c1-8-25-26-17-24-16(13-9(19)3-2-4-10(13)28(8)17)27(7-12(20)21)11-5-6-23-15(18)14(11)22/h2-6,12H,7H2,1H3. The second-order valence-electron chi connectivity index (χ2n) is 5.89. The van der Waals surface area contributed by atoms with Gasteiger partial charge in [-0.05, 0) is 41.1 Å². The van der Waals surface area contributed by atoms with Crippen LogP contribution in [-0.2, 0) is 0 Å². The van der Waals surface area contributed by atoms with Crippen molar-refractivity contribution in [2.75, 3.05) is 11.4 Å². The van der Waals surface area contributed by atoms with E-state index in [2.05, 4.69) is 36.1 Å². The summed E-state index contributed by atoms with van der Waals surface area (Å²) in [5.74, 6) is -1.22. The first-order valence-corrected chi connectivity index (χ1v) is 8.83. The van der Waals surface area contributed by atoms with Gasteiger partial charge in [-0.1, -0.05) is 6.07 Å². The van der Waals surface area contributed by atoms with Gasteiger partial charge < -0.3 is 4.90 Å². The minimum Gasteiger partial charge on any atom is -0.317 e. The molecule has 0 saturated heterocycles. The highest BCUT2D eigenvalue weighted by atomic mass is 79.9. The predicted octanol–water partition coefficient (Wildman–Crippen LogP) is 4.42. The molecule has 0 atom stereocenters. The molecule has 0 amide bonds. The van der Waals surface area contributed by atoms with E-state index in [1.165, 1.54) is 28.8 Å². The number of hydrogen-bond acceptors (Lipinski definition) is 5. The Morgan fingerprint density at radius 3 is 2.71 bits per heavy atom. The molecule has 0 saturated carbocycles. The largest absolute Gasteiger partial charge is 0.317 e. The van der Waals surface area contributed by atoms with E-state index in [1.807, 2.05) is 0 Å². The van der Waals surface area contributed by atoms with Gasteiger partial charge in [0.1, 0.15) is 22.1 Å². The maximum absolute atomic E-state index is 14.8. The SMILES string of the molecule is Cc1nnc2nc(N(CC(F)F)c3ccnc(Br)c3F)c3c(F)cccc3n12. The van der Waals surface area contributed by atoms with E-state index in [4.69, 9.17) is 0 Å². The lowest BCUT2D eigenvalue weighted by molar-refractivity contribution is 0.157. The fraction of sp³-hybridized carbons (Fsp3) is 0.176. The lowest BCUT2D eigenvalue weighted by atomic mass is 10.2. The number of aromatic nitrogens is 5. The van der Waals surface area contributed by atoms with E-state index in [1.54, 1.807) is 13.0 Å². The van der Waals surface area contributed by atoms with E-state index < -0.39 is 24.6 Å². The van der Waals surface area contributed by atoms with Gasteiger partial charge in [0.15, 0.2) is 5.82 Å². The molecule has 0 aliphatic carbocycles. The Bertz CT molecular complexity index is 1200. The predicted molar refractivity (Wildman–Crippen MR) is 97.9 cm³/mol. The Hall–Kier alpha value is -2.82. The van der Waals surface area contributed by atoms with Crippen molar-refractivity contribution >= 4 is 44.1 Å². The highest BCUT2D eigenvalue weighted by molar-refractivity contribution is 9.10. The molecule has 11 heteroatoms. The molecule has 144 valence electrons. The maximum Gasteiger partial charge on any atom is 0.257 e. The molecule has 0 fully saturated rings. The molecule has 28 heavy (non-hydrogen) atoms. The number of pyridine rings is 1. The normalized spacial score (nSPS) is 11.7. The third-order valence-corrected chi connectivity index (χ3v) is 4.72. The lowest BCUT2D eigenvalue weighted by Crippen LogP contribution is -2.26. The summed E-state index contributed by atoms with van der Waals surface area (Å²) in [6.07, 6.45) is -1.59. The van der Waals surface area contributed by atoms with Gasteiger partial charge in [-0.3, -0.25) is 4.40 Å². The summed E-state index contributed by atoms with van der Waals surface area (Å²) in [6, 6.07) is 5.46. The molecule has 3 aromatic heterocycles. The lowest BCUT2D eigenvalue weighted by Gasteiger charge is -2.25. The number of hydrogen-bond donors (Lipinski definition) is 0. The Morgan fingerprint density at radius 2 is 1.96 bits per heavy atom. The molecule has 4 rings (SSSR count). The van der Waals surface area contributed by atoms with Gasteiger partial charge in [0, 0.05) is 6.20 Å². The Morgan fingerprint density at radius 1 is 1.18 bits per heavy atom. The second kappa shape index (κ2) is 6.97. The highest BCUT2D eigenvalue weighted by Crippen LogP contribution is 2.36. The number of fused-ring (bicyclic) bond motifs is 3. The first-order chi connectivity index (χ1) is 13.4. The first-order valence-electron chi connectivity index (χ1n) is 8.04. The first kappa shape index (κ1) is 18.5. The summed E-state index contributed by atoms with van der Waals surface area (Å²) in [6.45, 7) is 0.745. The third kappa shape index (κ3) is 2.95. The Balaban J connectivity index is 2.09. The molecule has 0 N–H and O–H groups in total. The molecule has 1 aromatic carbocycles. The van der Waals surface area contributed by atoms with Crippen LogP contribution >= 0.6 is 15.9 Å². The molecular formula is C17H11BrF4N6. The molecule has 0 aliphatic rings. The molecule has 4 aromatic rings. The molecule has 0 aliphatic heterocycles. The van der Waals surface area contributed by atoms with Gasteiger partial charge in [0.2, 0.25) is 0 Å². The molecule has 0 bridgehead atoms. The Labute approximate surface area is 164 Å². The third-order valence-electron chi connectivity index (χ3n) is 4.16. The number of nitrogens with zero attached hydrogens (tertiary/aromatic N) is 6. The molecule has 6 nitrogen and oxygen atoms in total. The Kier molecular flexibility index (Phi) is 4.61. The van der Waals surface area contributed by atoms with Crippen LogP contribution in [0.15, 0.2) is 35.1 Å². The number of halogens is 5. The van der Waals surface area contributed by atoms with Crippen molar-refractivity contribution in [3.05, 3.63) is 52.5 Å². The summed E-state index contributed by atoms with van der Waals surface area (Å²) < 4.78 is 57.5. The fourth-order valence-electron chi connectivity index (χ4n) is 3.03. The van der Waals surface area contributed by atoms with E-state index in [0.717, 1.165) is 4.90 Å². The van der Waals surface area contributed by atoms with Gasteiger partial charge >= 0.3 is 0 Å². The average Bonchev–Trinajstić information content (AvgIpc) is 3.03. The summed E-state index contributed by atoms with van der Waals surface area (Å²) in [4.78, 5) is 8.88. The average molecular weight is 455 g/mol. The van der Waals surface area contributed by atoms with Gasteiger partial charge in [-0.2, -0.15) is 4.98 Å². The highest BCUT2D eigenvalue weighted by Gasteiger charge is 2.26. The minimum absolute atomic E-state index is 0.0501. The van der Waals surface area contributed by atoms with Gasteiger partial charge in [0.25, 0.3) is 12.2 Å². The van der Waals surface area contributed by atoms with Crippen molar-refractivity contribution in [1.82, 2.24) is 24.6 Å². The summed E-state index contributed by atoms with van der Waals surface area (Å²) in [7, 11) is 0. The van der Waals surface area contributed by atoms with Crippen molar-refractivity contribution in [2.24, 2.45) is 0 Å². The van der Waals surface area contributed by atoms with Crippen LogP contribution in [0.3, 0.4) is 0 Å². The van der Waals surface area contributed by atoms with Crippen LogP contribution < -0.4 is 4.90 Å². The number of rotatable bonds is 4. The van der Waals surface area contributed by atoms with Crippen molar-refractivity contribution in [3.8, 4) is 0 Å². The fourth-order valence-corrected chi connectivity index (χ4v) is 3.35. The summed E-state index contributed by atoms with van der Waals surface area (Å²) in [5, 5.41) is 7.76. The van der Waals surface area contributed by atoms with Crippen molar-refractivity contribution < 1.29 is 17.6 Å². The topological polar surface area (TPSA) is 59.2 Å². The van der Waals surface area contributed by atoms with Crippen molar-refractivity contribution in [3.63, 3.8) is 0 Å². The van der Waals surface area contributed by atoms with E-state index in [0.29, 0.717) is 11.3 Å². The minimum atomic E-state index is -2.84. The van der Waals surface area contributed by atoms with Crippen LogP contribution in [0.4, 0.5) is 29.1 Å². The number of alkyl halides is 2. The van der Waals surface area contributed by atoms with Gasteiger partial charge in [0.05, 0.1) is 23.1 Å². The van der Waals surface area contributed by atoms with E-state index in [9.17, 15) is 17.6 Å². The molecule has 3 heterocycles. The zero-order valence-electron chi connectivity index (χ0n) is 14.2. The van der Waals surface area contributed by atoms with Gasteiger partial charge in [-0.15, -0.1) is 10.2 Å². The van der Waals surface area contributed by atoms with Crippen LogP contribution in [0.5, 0.6) is 0 Å². The second-order valence-corrected chi connectivity index (χ2v) is 6.64. The van der Waals surface area contributed by atoms with Crippen molar-refractivity contribution in [1.29, 1.82) is 0 Å². The number of benzene rings is 1. The van der Waals surface area contributed by atoms with Gasteiger partial charge in [-0.25, -0.2) is 22.5 Å².